The molecular weight excluding hydrogens is 344 g/mol. The summed E-state index contributed by atoms with van der Waals surface area (Å²) >= 11 is 3.92. The van der Waals surface area contributed by atoms with Gasteiger partial charge in [-0.05, 0) is 26.3 Å². The number of carbonyl (C=O) groups excluding carboxylic acids is 2. The van der Waals surface area contributed by atoms with Gasteiger partial charge in [-0.15, -0.1) is 0 Å². The lowest BCUT2D eigenvalue weighted by Crippen LogP contribution is -2.53. The summed E-state index contributed by atoms with van der Waals surface area (Å²) < 4.78 is 5.17. The molecule has 0 saturated carbocycles. The molecule has 0 bridgehead atoms. The van der Waals surface area contributed by atoms with Gasteiger partial charge >= 0.3 is 12.1 Å². The van der Waals surface area contributed by atoms with Gasteiger partial charge in [-0.25, -0.2) is 9.59 Å². The van der Waals surface area contributed by atoms with Crippen LogP contribution in [0.5, 0.6) is 0 Å². The van der Waals surface area contributed by atoms with Crippen molar-refractivity contribution in [3.63, 3.8) is 0 Å². The minimum atomic E-state index is -1.20. The van der Waals surface area contributed by atoms with Crippen molar-refractivity contribution in [1.29, 1.82) is 0 Å². The maximum atomic E-state index is 12.4. The normalized spacial score (nSPS) is 13.4. The summed E-state index contributed by atoms with van der Waals surface area (Å²) in [6, 6.07) is 6.96. The van der Waals surface area contributed by atoms with Crippen molar-refractivity contribution in [2.45, 2.75) is 44.9 Å². The Balaban J connectivity index is 2.88. The van der Waals surface area contributed by atoms with Crippen LogP contribution >= 0.6 is 12.6 Å². The van der Waals surface area contributed by atoms with Crippen LogP contribution in [0.1, 0.15) is 26.3 Å². The minimum Gasteiger partial charge on any atom is -0.480 e. The number of hydrogen-bond acceptors (Lipinski definition) is 5. The molecule has 0 spiro atoms. The largest absolute Gasteiger partial charge is 0.480 e. The summed E-state index contributed by atoms with van der Waals surface area (Å²) in [7, 11) is 0. The van der Waals surface area contributed by atoms with Crippen LogP contribution in [0, 0.1) is 0 Å². The molecule has 0 aliphatic carbocycles. The maximum absolute atomic E-state index is 12.4. The molecule has 0 radical (unpaired) electrons. The fourth-order valence-corrected chi connectivity index (χ4v) is 2.21. The highest BCUT2D eigenvalue weighted by molar-refractivity contribution is 7.80. The van der Waals surface area contributed by atoms with Crippen LogP contribution < -0.4 is 10.6 Å². The second-order valence-electron chi connectivity index (χ2n) is 6.47. The van der Waals surface area contributed by atoms with E-state index in [1.54, 1.807) is 20.8 Å². The standard InChI is InChI=1S/C17H24N2O5S/c1-17(2,3)24-16(23)19-12(9-11-7-5-4-6-8-11)14(20)18-13(10-25)15(21)22/h4-8,12-13,25H,9-10H2,1-3H3,(H,18,20)(H,19,23)(H,21,22). The molecule has 0 heterocycles. The van der Waals surface area contributed by atoms with E-state index in [1.807, 2.05) is 30.3 Å². The van der Waals surface area contributed by atoms with Gasteiger partial charge in [-0.2, -0.15) is 12.6 Å². The van der Waals surface area contributed by atoms with Crippen LogP contribution in [0.2, 0.25) is 0 Å². The molecule has 138 valence electrons. The topological polar surface area (TPSA) is 105 Å². The number of ether oxygens (including phenoxy) is 1. The predicted molar refractivity (Wildman–Crippen MR) is 96.7 cm³/mol. The number of hydrogen-bond donors (Lipinski definition) is 4. The number of carbonyl (C=O) groups is 3. The molecule has 2 amide bonds. The fraction of sp³-hybridized carbons (Fsp3) is 0.471. The Morgan fingerprint density at radius 1 is 1.12 bits per heavy atom. The van der Waals surface area contributed by atoms with E-state index >= 15 is 0 Å². The number of aliphatic carboxylic acids is 1. The molecule has 2 unspecified atom stereocenters. The van der Waals surface area contributed by atoms with Gasteiger partial charge in [0.05, 0.1) is 0 Å². The predicted octanol–water partition coefficient (Wildman–Crippen LogP) is 1.62. The van der Waals surface area contributed by atoms with E-state index < -0.39 is 35.7 Å². The second kappa shape index (κ2) is 9.31. The van der Waals surface area contributed by atoms with E-state index in [9.17, 15) is 14.4 Å². The molecule has 2 atom stereocenters. The van der Waals surface area contributed by atoms with E-state index in [1.165, 1.54) is 0 Å². The molecule has 0 saturated heterocycles. The van der Waals surface area contributed by atoms with Gasteiger partial charge in [0, 0.05) is 12.2 Å². The van der Waals surface area contributed by atoms with Crippen LogP contribution in [0.3, 0.4) is 0 Å². The first kappa shape index (κ1) is 20.8. The van der Waals surface area contributed by atoms with Gasteiger partial charge in [-0.1, -0.05) is 30.3 Å². The quantitative estimate of drug-likeness (QED) is 0.548. The summed E-state index contributed by atoms with van der Waals surface area (Å²) in [5, 5.41) is 13.9. The lowest BCUT2D eigenvalue weighted by Gasteiger charge is -2.24. The number of thiol groups is 1. The van der Waals surface area contributed by atoms with Crippen molar-refractivity contribution in [1.82, 2.24) is 10.6 Å². The molecule has 8 heteroatoms. The van der Waals surface area contributed by atoms with Gasteiger partial charge in [0.1, 0.15) is 17.7 Å². The minimum absolute atomic E-state index is 0.0639. The number of alkyl carbamates (subject to hydrolysis) is 1. The Morgan fingerprint density at radius 2 is 1.72 bits per heavy atom. The van der Waals surface area contributed by atoms with Crippen molar-refractivity contribution in [2.75, 3.05) is 5.75 Å². The summed E-state index contributed by atoms with van der Waals surface area (Å²) in [5.41, 5.74) is 0.100. The highest BCUT2D eigenvalue weighted by atomic mass is 32.1. The van der Waals surface area contributed by atoms with Crippen molar-refractivity contribution in [3.05, 3.63) is 35.9 Å². The summed E-state index contributed by atoms with van der Waals surface area (Å²) in [5.74, 6) is -1.87. The molecule has 1 aromatic carbocycles. The van der Waals surface area contributed by atoms with E-state index in [4.69, 9.17) is 9.84 Å². The molecule has 1 rings (SSSR count). The average molecular weight is 368 g/mol. The summed E-state index contributed by atoms with van der Waals surface area (Å²) in [6.45, 7) is 5.13. The molecular formula is C17H24N2O5S. The van der Waals surface area contributed by atoms with Gasteiger partial charge in [-0.3, -0.25) is 4.79 Å². The zero-order chi connectivity index (χ0) is 19.0. The molecule has 25 heavy (non-hydrogen) atoms. The van der Waals surface area contributed by atoms with Crippen LogP contribution in [-0.2, 0) is 20.7 Å². The van der Waals surface area contributed by atoms with Gasteiger partial charge in [0.25, 0.3) is 0 Å². The van der Waals surface area contributed by atoms with Gasteiger partial charge in [0.15, 0.2) is 0 Å². The Morgan fingerprint density at radius 3 is 2.20 bits per heavy atom. The SMILES string of the molecule is CC(C)(C)OC(=O)NC(Cc1ccccc1)C(=O)NC(CS)C(=O)O. The Bertz CT molecular complexity index is 601. The molecule has 0 aliphatic heterocycles. The maximum Gasteiger partial charge on any atom is 0.408 e. The third kappa shape index (κ3) is 7.93. The van der Waals surface area contributed by atoms with Crippen LogP contribution in [0.4, 0.5) is 4.79 Å². The van der Waals surface area contributed by atoms with E-state index in [-0.39, 0.29) is 12.2 Å². The number of rotatable bonds is 7. The third-order valence-electron chi connectivity index (χ3n) is 3.09. The smallest absolute Gasteiger partial charge is 0.408 e. The molecule has 7 nitrogen and oxygen atoms in total. The second-order valence-corrected chi connectivity index (χ2v) is 6.84. The highest BCUT2D eigenvalue weighted by Crippen LogP contribution is 2.09. The van der Waals surface area contributed by atoms with E-state index in [2.05, 4.69) is 23.3 Å². The molecule has 0 aliphatic rings. The molecule has 1 aromatic rings. The highest BCUT2D eigenvalue weighted by Gasteiger charge is 2.27. The van der Waals surface area contributed by atoms with E-state index in [0.717, 1.165) is 5.56 Å². The molecule has 3 N–H and O–H groups in total. The first-order valence-electron chi connectivity index (χ1n) is 7.80. The van der Waals surface area contributed by atoms with Crippen LogP contribution in [-0.4, -0.2) is 46.5 Å². The van der Waals surface area contributed by atoms with Crippen molar-refractivity contribution >= 4 is 30.6 Å². The third-order valence-corrected chi connectivity index (χ3v) is 3.45. The van der Waals surface area contributed by atoms with Gasteiger partial charge < -0.3 is 20.5 Å². The van der Waals surface area contributed by atoms with Crippen molar-refractivity contribution in [2.24, 2.45) is 0 Å². The van der Waals surface area contributed by atoms with Crippen LogP contribution in [0.25, 0.3) is 0 Å². The Hall–Kier alpha value is -2.22. The number of benzene rings is 1. The first-order chi connectivity index (χ1) is 11.6. The average Bonchev–Trinajstić information content (AvgIpc) is 2.50. The zero-order valence-electron chi connectivity index (χ0n) is 14.5. The Kier molecular flexibility index (Phi) is 7.76. The number of amides is 2. The van der Waals surface area contributed by atoms with Crippen molar-refractivity contribution in [3.8, 4) is 0 Å². The molecule has 0 aromatic heterocycles. The lowest BCUT2D eigenvalue weighted by atomic mass is 10.1. The fourth-order valence-electron chi connectivity index (χ4n) is 1.97. The Labute approximate surface area is 152 Å². The zero-order valence-corrected chi connectivity index (χ0v) is 15.4. The van der Waals surface area contributed by atoms with E-state index in [0.29, 0.717) is 0 Å². The summed E-state index contributed by atoms with van der Waals surface area (Å²) in [4.78, 5) is 35.5. The first-order valence-corrected chi connectivity index (χ1v) is 8.43. The molecule has 0 fully saturated rings. The summed E-state index contributed by atoms with van der Waals surface area (Å²) in [6.07, 6.45) is -0.550. The van der Waals surface area contributed by atoms with Gasteiger partial charge in [0.2, 0.25) is 5.91 Å². The lowest BCUT2D eigenvalue weighted by molar-refractivity contribution is -0.141. The number of carboxylic acids is 1. The number of nitrogens with one attached hydrogen (secondary N) is 2. The van der Waals surface area contributed by atoms with Crippen molar-refractivity contribution < 1.29 is 24.2 Å². The number of carboxylic acid groups (broad SMARTS) is 1. The van der Waals surface area contributed by atoms with Crippen LogP contribution in [0.15, 0.2) is 30.3 Å². The monoisotopic (exact) mass is 368 g/mol.